The summed E-state index contributed by atoms with van der Waals surface area (Å²) >= 11 is 0. The number of hydrogen-bond acceptors (Lipinski definition) is 2. The standard InChI is InChI=1S/C15H28N2/c1-12(2)15-11-16-9-5-8-14(16)10-17(15)13-6-3-4-7-13/h12-15H,3-11H2,1-2H3. The summed E-state index contributed by atoms with van der Waals surface area (Å²) < 4.78 is 0. The monoisotopic (exact) mass is 236 g/mol. The normalized spacial score (nSPS) is 36.9. The third-order valence-electron chi connectivity index (χ3n) is 5.33. The zero-order chi connectivity index (χ0) is 11.8. The van der Waals surface area contributed by atoms with E-state index in [1.165, 1.54) is 58.2 Å². The largest absolute Gasteiger partial charge is 0.298 e. The molecule has 17 heavy (non-hydrogen) atoms. The third kappa shape index (κ3) is 2.26. The van der Waals surface area contributed by atoms with Gasteiger partial charge in [-0.05, 0) is 38.1 Å². The molecule has 2 heteroatoms. The first-order valence-electron chi connectivity index (χ1n) is 7.75. The van der Waals surface area contributed by atoms with Gasteiger partial charge >= 0.3 is 0 Å². The second kappa shape index (κ2) is 4.89. The second-order valence-corrected chi connectivity index (χ2v) is 6.74. The van der Waals surface area contributed by atoms with Crippen LogP contribution in [0, 0.1) is 5.92 Å². The van der Waals surface area contributed by atoms with Crippen molar-refractivity contribution in [3.05, 3.63) is 0 Å². The van der Waals surface area contributed by atoms with Crippen LogP contribution in [-0.4, -0.2) is 47.6 Å². The van der Waals surface area contributed by atoms with E-state index in [-0.39, 0.29) is 0 Å². The lowest BCUT2D eigenvalue weighted by atomic mass is 9.95. The van der Waals surface area contributed by atoms with Gasteiger partial charge in [0.25, 0.3) is 0 Å². The SMILES string of the molecule is CC(C)C1CN2CCCC2CN1C1CCCC1. The fraction of sp³-hybridized carbons (Fsp3) is 1.00. The first-order valence-corrected chi connectivity index (χ1v) is 7.75. The van der Waals surface area contributed by atoms with Crippen LogP contribution in [0.5, 0.6) is 0 Å². The van der Waals surface area contributed by atoms with Gasteiger partial charge in [0.2, 0.25) is 0 Å². The van der Waals surface area contributed by atoms with Gasteiger partial charge in [0.1, 0.15) is 0 Å². The van der Waals surface area contributed by atoms with E-state index >= 15 is 0 Å². The Bertz CT molecular complexity index is 258. The average molecular weight is 236 g/mol. The van der Waals surface area contributed by atoms with Crippen molar-refractivity contribution >= 4 is 0 Å². The molecule has 98 valence electrons. The summed E-state index contributed by atoms with van der Waals surface area (Å²) in [6.07, 6.45) is 8.77. The van der Waals surface area contributed by atoms with Crippen LogP contribution in [-0.2, 0) is 0 Å². The zero-order valence-corrected chi connectivity index (χ0v) is 11.6. The topological polar surface area (TPSA) is 6.48 Å². The molecule has 0 aromatic heterocycles. The van der Waals surface area contributed by atoms with Crippen molar-refractivity contribution in [2.45, 2.75) is 70.5 Å². The summed E-state index contributed by atoms with van der Waals surface area (Å²) in [4.78, 5) is 5.68. The molecule has 2 unspecified atom stereocenters. The Balaban J connectivity index is 1.73. The van der Waals surface area contributed by atoms with E-state index in [1.807, 2.05) is 0 Å². The van der Waals surface area contributed by atoms with Gasteiger partial charge < -0.3 is 0 Å². The predicted molar refractivity (Wildman–Crippen MR) is 72.2 cm³/mol. The predicted octanol–water partition coefficient (Wildman–Crippen LogP) is 2.73. The van der Waals surface area contributed by atoms with Crippen LogP contribution in [0.2, 0.25) is 0 Å². The highest BCUT2D eigenvalue weighted by atomic mass is 15.3. The van der Waals surface area contributed by atoms with Crippen LogP contribution in [0.25, 0.3) is 0 Å². The minimum atomic E-state index is 0.817. The van der Waals surface area contributed by atoms with Crippen molar-refractivity contribution in [1.29, 1.82) is 0 Å². The summed E-state index contributed by atoms with van der Waals surface area (Å²) in [6.45, 7) is 8.92. The molecule has 1 aliphatic carbocycles. The van der Waals surface area contributed by atoms with Crippen LogP contribution in [0.15, 0.2) is 0 Å². The van der Waals surface area contributed by atoms with E-state index in [0.29, 0.717) is 0 Å². The Labute approximate surface area is 106 Å². The van der Waals surface area contributed by atoms with E-state index in [1.54, 1.807) is 0 Å². The van der Waals surface area contributed by atoms with E-state index in [0.717, 1.165) is 24.0 Å². The van der Waals surface area contributed by atoms with Crippen molar-refractivity contribution in [3.63, 3.8) is 0 Å². The molecule has 2 nitrogen and oxygen atoms in total. The third-order valence-corrected chi connectivity index (χ3v) is 5.33. The Morgan fingerprint density at radius 2 is 1.59 bits per heavy atom. The number of nitrogens with zero attached hydrogens (tertiary/aromatic N) is 2. The van der Waals surface area contributed by atoms with E-state index < -0.39 is 0 Å². The zero-order valence-electron chi connectivity index (χ0n) is 11.6. The number of hydrogen-bond donors (Lipinski definition) is 0. The Morgan fingerprint density at radius 1 is 0.882 bits per heavy atom. The molecular formula is C15H28N2. The lowest BCUT2D eigenvalue weighted by molar-refractivity contribution is 0.00179. The summed E-state index contributed by atoms with van der Waals surface area (Å²) in [5.41, 5.74) is 0. The number of rotatable bonds is 2. The van der Waals surface area contributed by atoms with Crippen molar-refractivity contribution in [3.8, 4) is 0 Å². The molecule has 3 aliphatic rings. The molecule has 0 radical (unpaired) electrons. The Hall–Kier alpha value is -0.0800. The molecule has 0 amide bonds. The summed E-state index contributed by atoms with van der Waals surface area (Å²) in [5, 5.41) is 0. The van der Waals surface area contributed by atoms with Crippen LogP contribution >= 0.6 is 0 Å². The molecule has 3 rings (SSSR count). The molecule has 3 fully saturated rings. The first kappa shape index (κ1) is 12.0. The van der Waals surface area contributed by atoms with Gasteiger partial charge in [-0.25, -0.2) is 0 Å². The molecule has 0 N–H and O–H groups in total. The quantitative estimate of drug-likeness (QED) is 0.727. The van der Waals surface area contributed by atoms with Crippen molar-refractivity contribution < 1.29 is 0 Å². The summed E-state index contributed by atoms with van der Waals surface area (Å²) in [7, 11) is 0. The molecule has 0 aromatic carbocycles. The second-order valence-electron chi connectivity index (χ2n) is 6.74. The van der Waals surface area contributed by atoms with Gasteiger partial charge in [-0.15, -0.1) is 0 Å². The lowest BCUT2D eigenvalue weighted by Crippen LogP contribution is -2.60. The highest BCUT2D eigenvalue weighted by Crippen LogP contribution is 2.33. The van der Waals surface area contributed by atoms with Crippen molar-refractivity contribution in [1.82, 2.24) is 9.80 Å². The van der Waals surface area contributed by atoms with Crippen molar-refractivity contribution in [2.75, 3.05) is 19.6 Å². The van der Waals surface area contributed by atoms with Crippen LogP contribution in [0.1, 0.15) is 52.4 Å². The average Bonchev–Trinajstić information content (AvgIpc) is 2.98. The molecule has 2 saturated heterocycles. The fourth-order valence-corrected chi connectivity index (χ4v) is 4.32. The molecule has 0 spiro atoms. The molecule has 2 heterocycles. The van der Waals surface area contributed by atoms with Gasteiger partial charge in [0.15, 0.2) is 0 Å². The maximum atomic E-state index is 2.91. The van der Waals surface area contributed by atoms with Crippen LogP contribution in [0.4, 0.5) is 0 Å². The minimum Gasteiger partial charge on any atom is -0.298 e. The molecule has 2 aliphatic heterocycles. The number of fused-ring (bicyclic) bond motifs is 1. The van der Waals surface area contributed by atoms with Gasteiger partial charge in [-0.1, -0.05) is 26.7 Å². The van der Waals surface area contributed by atoms with E-state index in [4.69, 9.17) is 0 Å². The maximum Gasteiger partial charge on any atom is 0.0249 e. The highest BCUT2D eigenvalue weighted by Gasteiger charge is 2.40. The van der Waals surface area contributed by atoms with Crippen molar-refractivity contribution in [2.24, 2.45) is 5.92 Å². The van der Waals surface area contributed by atoms with Gasteiger partial charge in [0, 0.05) is 31.2 Å². The smallest absolute Gasteiger partial charge is 0.0249 e. The van der Waals surface area contributed by atoms with Gasteiger partial charge in [0.05, 0.1) is 0 Å². The van der Waals surface area contributed by atoms with Crippen LogP contribution in [0.3, 0.4) is 0 Å². The molecule has 0 bridgehead atoms. The molecule has 0 aromatic rings. The first-order chi connectivity index (χ1) is 8.25. The Morgan fingerprint density at radius 3 is 2.29 bits per heavy atom. The summed E-state index contributed by atoms with van der Waals surface area (Å²) in [6, 6.07) is 2.64. The maximum absolute atomic E-state index is 2.91. The number of piperazine rings is 1. The Kier molecular flexibility index (Phi) is 3.45. The summed E-state index contributed by atoms with van der Waals surface area (Å²) in [5.74, 6) is 0.817. The van der Waals surface area contributed by atoms with Gasteiger partial charge in [-0.2, -0.15) is 0 Å². The molecular weight excluding hydrogens is 208 g/mol. The highest BCUT2D eigenvalue weighted by molar-refractivity contribution is 4.96. The lowest BCUT2D eigenvalue weighted by Gasteiger charge is -2.48. The van der Waals surface area contributed by atoms with Gasteiger partial charge in [-0.3, -0.25) is 9.80 Å². The van der Waals surface area contributed by atoms with E-state index in [9.17, 15) is 0 Å². The van der Waals surface area contributed by atoms with Crippen LogP contribution < -0.4 is 0 Å². The fourth-order valence-electron chi connectivity index (χ4n) is 4.32. The minimum absolute atomic E-state index is 0.817. The molecule has 2 atom stereocenters. The van der Waals surface area contributed by atoms with E-state index in [2.05, 4.69) is 23.6 Å². The molecule has 1 saturated carbocycles.